The highest BCUT2D eigenvalue weighted by Crippen LogP contribution is 2.11. The van der Waals surface area contributed by atoms with E-state index in [1.54, 1.807) is 12.3 Å². The number of nitrogens with zero attached hydrogens (tertiary/aromatic N) is 3. The van der Waals surface area contributed by atoms with E-state index in [1.807, 2.05) is 18.0 Å². The lowest BCUT2D eigenvalue weighted by molar-refractivity contribution is 0.0590. The number of piperazine rings is 1. The van der Waals surface area contributed by atoms with Gasteiger partial charge in [-0.15, -0.1) is 0 Å². The van der Waals surface area contributed by atoms with Gasteiger partial charge in [0.2, 0.25) is 0 Å². The predicted molar refractivity (Wildman–Crippen MR) is 76.4 cm³/mol. The summed E-state index contributed by atoms with van der Waals surface area (Å²) < 4.78 is 0. The quantitative estimate of drug-likeness (QED) is 0.891. The molecule has 1 aromatic rings. The molecule has 19 heavy (non-hydrogen) atoms. The largest absolute Gasteiger partial charge is 0.387 e. The molecule has 0 radical (unpaired) electrons. The molecule has 1 saturated heterocycles. The van der Waals surface area contributed by atoms with E-state index in [0.717, 1.165) is 31.9 Å². The molecule has 1 aliphatic heterocycles. The lowest BCUT2D eigenvalue weighted by atomic mass is 10.2. The molecule has 1 N–H and O–H groups in total. The summed E-state index contributed by atoms with van der Waals surface area (Å²) in [5.41, 5.74) is 1.44. The van der Waals surface area contributed by atoms with Crippen molar-refractivity contribution in [2.45, 2.75) is 19.9 Å². The Balaban J connectivity index is 1.97. The van der Waals surface area contributed by atoms with Crippen molar-refractivity contribution in [2.24, 2.45) is 0 Å². The van der Waals surface area contributed by atoms with Gasteiger partial charge in [0.25, 0.3) is 5.91 Å². The summed E-state index contributed by atoms with van der Waals surface area (Å²) in [4.78, 5) is 20.8. The van der Waals surface area contributed by atoms with Crippen LogP contribution in [0.2, 0.25) is 0 Å². The Morgan fingerprint density at radius 1 is 1.26 bits per heavy atom. The average molecular weight is 262 g/mol. The van der Waals surface area contributed by atoms with Crippen LogP contribution in [0.5, 0.6) is 0 Å². The van der Waals surface area contributed by atoms with Crippen molar-refractivity contribution >= 4 is 11.6 Å². The molecule has 2 heterocycles. The van der Waals surface area contributed by atoms with Gasteiger partial charge in [-0.3, -0.25) is 9.69 Å². The Labute approximate surface area is 114 Å². The van der Waals surface area contributed by atoms with Crippen LogP contribution in [0.15, 0.2) is 18.3 Å². The molecular weight excluding hydrogens is 240 g/mol. The Morgan fingerprint density at radius 3 is 2.42 bits per heavy atom. The highest BCUT2D eigenvalue weighted by atomic mass is 16.2. The van der Waals surface area contributed by atoms with E-state index in [1.165, 1.54) is 0 Å². The summed E-state index contributed by atoms with van der Waals surface area (Å²) in [7, 11) is 1.84. The molecule has 1 amide bonds. The zero-order valence-corrected chi connectivity index (χ0v) is 11.9. The molecule has 0 unspecified atom stereocenters. The zero-order valence-electron chi connectivity index (χ0n) is 11.9. The van der Waals surface area contributed by atoms with Crippen LogP contribution >= 0.6 is 0 Å². The first-order valence-electron chi connectivity index (χ1n) is 6.79. The molecule has 0 aliphatic carbocycles. The van der Waals surface area contributed by atoms with Crippen LogP contribution in [-0.2, 0) is 0 Å². The first-order chi connectivity index (χ1) is 9.11. The normalized spacial score (nSPS) is 16.7. The van der Waals surface area contributed by atoms with Crippen LogP contribution in [0.1, 0.15) is 24.3 Å². The van der Waals surface area contributed by atoms with Gasteiger partial charge in [-0.25, -0.2) is 4.98 Å². The molecule has 104 valence electrons. The molecular formula is C14H22N4O. The minimum Gasteiger partial charge on any atom is -0.387 e. The van der Waals surface area contributed by atoms with Crippen molar-refractivity contribution in [3.63, 3.8) is 0 Å². The number of hydrogen-bond donors (Lipinski definition) is 1. The van der Waals surface area contributed by atoms with Crippen LogP contribution in [-0.4, -0.2) is 60.0 Å². The van der Waals surface area contributed by atoms with Gasteiger partial charge < -0.3 is 10.2 Å². The number of anilines is 1. The first-order valence-corrected chi connectivity index (χ1v) is 6.79. The molecule has 0 aromatic carbocycles. The number of amides is 1. The predicted octanol–water partition coefficient (Wildman–Crippen LogP) is 1.29. The van der Waals surface area contributed by atoms with E-state index in [0.29, 0.717) is 11.7 Å². The van der Waals surface area contributed by atoms with Gasteiger partial charge in [0.15, 0.2) is 0 Å². The van der Waals surface area contributed by atoms with Gasteiger partial charge in [0.1, 0.15) is 5.69 Å². The van der Waals surface area contributed by atoms with Crippen molar-refractivity contribution in [3.8, 4) is 0 Å². The fraction of sp³-hybridized carbons (Fsp3) is 0.571. The molecule has 1 fully saturated rings. The average Bonchev–Trinajstić information content (AvgIpc) is 2.46. The Hall–Kier alpha value is -1.62. The van der Waals surface area contributed by atoms with Gasteiger partial charge in [0, 0.05) is 39.3 Å². The minimum absolute atomic E-state index is 0.0334. The summed E-state index contributed by atoms with van der Waals surface area (Å²) >= 11 is 0. The van der Waals surface area contributed by atoms with E-state index >= 15 is 0 Å². The molecule has 0 atom stereocenters. The third kappa shape index (κ3) is 3.23. The van der Waals surface area contributed by atoms with Crippen molar-refractivity contribution in [1.82, 2.24) is 14.8 Å². The second-order valence-electron chi connectivity index (χ2n) is 5.10. The maximum Gasteiger partial charge on any atom is 0.272 e. The van der Waals surface area contributed by atoms with Crippen LogP contribution in [0.25, 0.3) is 0 Å². The summed E-state index contributed by atoms with van der Waals surface area (Å²) in [5, 5.41) is 3.00. The third-order valence-electron chi connectivity index (χ3n) is 3.60. The molecule has 0 saturated carbocycles. The molecule has 2 rings (SSSR count). The van der Waals surface area contributed by atoms with E-state index in [2.05, 4.69) is 29.0 Å². The molecule has 5 nitrogen and oxygen atoms in total. The molecule has 1 aromatic heterocycles. The lowest BCUT2D eigenvalue weighted by Crippen LogP contribution is -2.50. The number of pyridine rings is 1. The number of carbonyl (C=O) groups excluding carboxylic acids is 1. The summed E-state index contributed by atoms with van der Waals surface area (Å²) in [6.45, 7) is 7.83. The van der Waals surface area contributed by atoms with E-state index in [9.17, 15) is 4.79 Å². The van der Waals surface area contributed by atoms with E-state index in [-0.39, 0.29) is 5.91 Å². The number of nitrogens with one attached hydrogen (secondary N) is 1. The second kappa shape index (κ2) is 6.02. The fourth-order valence-corrected chi connectivity index (χ4v) is 2.27. The van der Waals surface area contributed by atoms with Gasteiger partial charge in [-0.1, -0.05) is 0 Å². The third-order valence-corrected chi connectivity index (χ3v) is 3.60. The summed E-state index contributed by atoms with van der Waals surface area (Å²) in [5.74, 6) is 0.0334. The maximum absolute atomic E-state index is 12.3. The molecule has 0 spiro atoms. The first kappa shape index (κ1) is 13.8. The standard InChI is InChI=1S/C14H22N4O/c1-11(2)17-6-8-18(9-7-17)14(19)13-5-4-12(15-3)10-16-13/h4-5,10-11,15H,6-9H2,1-3H3. The van der Waals surface area contributed by atoms with Crippen molar-refractivity contribution in [3.05, 3.63) is 24.0 Å². The molecule has 1 aliphatic rings. The van der Waals surface area contributed by atoms with Crippen molar-refractivity contribution < 1.29 is 4.79 Å². The number of hydrogen-bond acceptors (Lipinski definition) is 4. The lowest BCUT2D eigenvalue weighted by Gasteiger charge is -2.36. The van der Waals surface area contributed by atoms with E-state index in [4.69, 9.17) is 0 Å². The van der Waals surface area contributed by atoms with E-state index < -0.39 is 0 Å². The highest BCUT2D eigenvalue weighted by molar-refractivity contribution is 5.92. The Kier molecular flexibility index (Phi) is 4.37. The van der Waals surface area contributed by atoms with Crippen LogP contribution in [0.4, 0.5) is 5.69 Å². The maximum atomic E-state index is 12.3. The monoisotopic (exact) mass is 262 g/mol. The molecule has 0 bridgehead atoms. The van der Waals surface area contributed by atoms with Crippen LogP contribution < -0.4 is 5.32 Å². The van der Waals surface area contributed by atoms with Gasteiger partial charge >= 0.3 is 0 Å². The smallest absolute Gasteiger partial charge is 0.272 e. The highest BCUT2D eigenvalue weighted by Gasteiger charge is 2.23. The Morgan fingerprint density at radius 2 is 1.95 bits per heavy atom. The van der Waals surface area contributed by atoms with Gasteiger partial charge in [-0.05, 0) is 26.0 Å². The summed E-state index contributed by atoms with van der Waals surface area (Å²) in [6, 6.07) is 4.21. The van der Waals surface area contributed by atoms with Gasteiger partial charge in [-0.2, -0.15) is 0 Å². The molecule has 5 heteroatoms. The topological polar surface area (TPSA) is 48.5 Å². The number of carbonyl (C=O) groups is 1. The van der Waals surface area contributed by atoms with Crippen molar-refractivity contribution in [2.75, 3.05) is 38.5 Å². The number of aromatic nitrogens is 1. The Bertz CT molecular complexity index is 422. The second-order valence-corrected chi connectivity index (χ2v) is 5.10. The zero-order chi connectivity index (χ0) is 13.8. The minimum atomic E-state index is 0.0334. The number of rotatable bonds is 3. The SMILES string of the molecule is CNc1ccc(C(=O)N2CCN(C(C)C)CC2)nc1. The van der Waals surface area contributed by atoms with Crippen LogP contribution in [0, 0.1) is 0 Å². The summed E-state index contributed by atoms with van der Waals surface area (Å²) in [6.07, 6.45) is 1.69. The van der Waals surface area contributed by atoms with Gasteiger partial charge in [0.05, 0.1) is 11.9 Å². The van der Waals surface area contributed by atoms with Crippen LogP contribution in [0.3, 0.4) is 0 Å². The fourth-order valence-electron chi connectivity index (χ4n) is 2.27. The van der Waals surface area contributed by atoms with Crippen molar-refractivity contribution in [1.29, 1.82) is 0 Å².